The topological polar surface area (TPSA) is 112 Å². The largest absolute Gasteiger partial charge is 0.313 e. The van der Waals surface area contributed by atoms with E-state index >= 15 is 0 Å². The van der Waals surface area contributed by atoms with Crippen LogP contribution in [-0.2, 0) is 5.75 Å². The summed E-state index contributed by atoms with van der Waals surface area (Å²) in [5.74, 6) is -0.592. The number of halogens is 1. The Morgan fingerprint density at radius 1 is 1.21 bits per heavy atom. The monoisotopic (exact) mass is 494 g/mol. The van der Waals surface area contributed by atoms with Gasteiger partial charge in [-0.1, -0.05) is 36.0 Å². The first kappa shape index (κ1) is 23.3. The molecule has 0 fully saturated rings. The van der Waals surface area contributed by atoms with Gasteiger partial charge in [0.05, 0.1) is 11.8 Å². The number of rotatable bonds is 8. The number of carbonyl (C=O) groups is 2. The minimum Gasteiger partial charge on any atom is -0.313 e. The van der Waals surface area contributed by atoms with Crippen LogP contribution in [0.4, 0.5) is 9.39 Å². The zero-order valence-corrected chi connectivity index (χ0v) is 19.5. The number of hydrogen-bond acceptors (Lipinski definition) is 7. The third-order valence-electron chi connectivity index (χ3n) is 4.61. The van der Waals surface area contributed by atoms with E-state index < -0.39 is 11.7 Å². The molecule has 2 aromatic heterocycles. The van der Waals surface area contributed by atoms with Crippen LogP contribution in [0.5, 0.6) is 0 Å². The summed E-state index contributed by atoms with van der Waals surface area (Å²) in [4.78, 5) is 29.7. The Labute approximate surface area is 202 Å². The quantitative estimate of drug-likeness (QED) is 0.188. The minimum absolute atomic E-state index is 0.325. The molecule has 8 nitrogen and oxygen atoms in total. The number of thiophene rings is 1. The maximum atomic E-state index is 13.3. The Balaban J connectivity index is 1.42. The highest BCUT2D eigenvalue weighted by molar-refractivity contribution is 7.98. The highest BCUT2D eigenvalue weighted by atomic mass is 32.2. The van der Waals surface area contributed by atoms with Crippen LogP contribution >= 0.6 is 23.1 Å². The number of nitrogens with one attached hydrogen (secondary N) is 3. The van der Waals surface area contributed by atoms with Crippen molar-refractivity contribution in [3.8, 4) is 0 Å². The molecule has 34 heavy (non-hydrogen) atoms. The molecule has 0 aliphatic rings. The van der Waals surface area contributed by atoms with Crippen molar-refractivity contribution in [2.45, 2.75) is 17.8 Å². The van der Waals surface area contributed by atoms with E-state index in [9.17, 15) is 14.0 Å². The Morgan fingerprint density at radius 3 is 2.85 bits per heavy atom. The number of aromatic amines is 1. The van der Waals surface area contributed by atoms with Crippen molar-refractivity contribution in [1.82, 2.24) is 20.6 Å². The Morgan fingerprint density at radius 2 is 2.06 bits per heavy atom. The standard InChI is InChI=1S/C23H19FN6O2S2/c1-14-11-33-22(19(14)21(32)29-26-10-15-4-3-7-18(24)9-15)28-20(31)17-6-2-5-16(8-17)12-34-23-25-13-27-30-23/h2-11,13H,12H2,1H3,(H,28,31)(H,29,32)(H,25,27,30)/b26-10+. The number of hydrazone groups is 1. The number of anilines is 1. The molecule has 0 bridgehead atoms. The molecule has 0 saturated carbocycles. The molecular formula is C23H19FN6O2S2. The summed E-state index contributed by atoms with van der Waals surface area (Å²) >= 11 is 2.70. The van der Waals surface area contributed by atoms with Gasteiger partial charge in [-0.05, 0) is 53.3 Å². The lowest BCUT2D eigenvalue weighted by Gasteiger charge is -2.08. The van der Waals surface area contributed by atoms with E-state index in [0.29, 0.717) is 38.2 Å². The van der Waals surface area contributed by atoms with E-state index in [1.165, 1.54) is 47.8 Å². The van der Waals surface area contributed by atoms with Gasteiger partial charge in [0, 0.05) is 11.3 Å². The van der Waals surface area contributed by atoms with Gasteiger partial charge < -0.3 is 5.32 Å². The molecule has 0 radical (unpaired) electrons. The molecule has 2 aromatic carbocycles. The van der Waals surface area contributed by atoms with Gasteiger partial charge in [0.1, 0.15) is 17.1 Å². The number of benzene rings is 2. The molecule has 4 rings (SSSR count). The predicted molar refractivity (Wildman–Crippen MR) is 131 cm³/mol. The van der Waals surface area contributed by atoms with Crippen LogP contribution in [0.25, 0.3) is 0 Å². The third-order valence-corrected chi connectivity index (χ3v) is 6.55. The van der Waals surface area contributed by atoms with Gasteiger partial charge in [0.2, 0.25) is 5.16 Å². The van der Waals surface area contributed by atoms with Crippen LogP contribution in [-0.4, -0.2) is 33.2 Å². The van der Waals surface area contributed by atoms with E-state index in [0.717, 1.165) is 5.56 Å². The summed E-state index contributed by atoms with van der Waals surface area (Å²) < 4.78 is 13.3. The Bertz CT molecular complexity index is 1340. The van der Waals surface area contributed by atoms with Crippen LogP contribution in [0, 0.1) is 12.7 Å². The summed E-state index contributed by atoms with van der Waals surface area (Å²) in [6.07, 6.45) is 2.86. The molecule has 0 spiro atoms. The molecule has 2 amide bonds. The minimum atomic E-state index is -0.474. The normalized spacial score (nSPS) is 11.0. The van der Waals surface area contributed by atoms with Gasteiger partial charge >= 0.3 is 0 Å². The molecule has 0 atom stereocenters. The van der Waals surface area contributed by atoms with Gasteiger partial charge in [-0.2, -0.15) is 5.10 Å². The summed E-state index contributed by atoms with van der Waals surface area (Å²) in [6.45, 7) is 1.78. The van der Waals surface area contributed by atoms with Gasteiger partial charge in [-0.3, -0.25) is 14.7 Å². The number of aromatic nitrogens is 3. The van der Waals surface area contributed by atoms with Gasteiger partial charge in [-0.25, -0.2) is 14.8 Å². The number of H-pyrrole nitrogens is 1. The molecule has 0 unspecified atom stereocenters. The van der Waals surface area contributed by atoms with Crippen molar-refractivity contribution in [2.24, 2.45) is 5.10 Å². The second kappa shape index (κ2) is 10.9. The van der Waals surface area contributed by atoms with Crippen LogP contribution in [0.2, 0.25) is 0 Å². The second-order valence-corrected chi connectivity index (χ2v) is 8.92. The van der Waals surface area contributed by atoms with Gasteiger partial charge in [0.25, 0.3) is 11.8 Å². The van der Waals surface area contributed by atoms with Crippen molar-refractivity contribution in [3.63, 3.8) is 0 Å². The molecule has 172 valence electrons. The predicted octanol–water partition coefficient (Wildman–Crippen LogP) is 4.62. The molecule has 0 aliphatic carbocycles. The van der Waals surface area contributed by atoms with Crippen molar-refractivity contribution >= 4 is 46.1 Å². The molecule has 4 aromatic rings. The summed E-state index contributed by atoms with van der Waals surface area (Å²) in [7, 11) is 0. The molecule has 2 heterocycles. The number of nitrogens with zero attached hydrogens (tertiary/aromatic N) is 3. The molecule has 3 N–H and O–H groups in total. The van der Waals surface area contributed by atoms with Crippen molar-refractivity contribution in [2.75, 3.05) is 5.32 Å². The lowest BCUT2D eigenvalue weighted by molar-refractivity contribution is 0.0956. The zero-order valence-electron chi connectivity index (χ0n) is 17.9. The maximum absolute atomic E-state index is 13.3. The van der Waals surface area contributed by atoms with Crippen LogP contribution < -0.4 is 10.7 Å². The number of hydrogen-bond donors (Lipinski definition) is 3. The SMILES string of the molecule is Cc1csc(NC(=O)c2cccc(CSc3nc[nH]n3)c2)c1C(=O)N/N=C/c1cccc(F)c1. The average molecular weight is 495 g/mol. The highest BCUT2D eigenvalue weighted by Gasteiger charge is 2.19. The summed E-state index contributed by atoms with van der Waals surface area (Å²) in [6, 6.07) is 13.1. The van der Waals surface area contributed by atoms with Crippen LogP contribution in [0.1, 0.15) is 37.4 Å². The summed E-state index contributed by atoms with van der Waals surface area (Å²) in [5.41, 5.74) is 5.38. The lowest BCUT2D eigenvalue weighted by Crippen LogP contribution is -2.21. The van der Waals surface area contributed by atoms with Crippen LogP contribution in [0.15, 0.2) is 70.5 Å². The third kappa shape index (κ3) is 5.94. The smallest absolute Gasteiger partial charge is 0.274 e. The first-order valence-corrected chi connectivity index (χ1v) is 11.9. The number of thioether (sulfide) groups is 1. The summed E-state index contributed by atoms with van der Waals surface area (Å²) in [5, 5.41) is 16.2. The Kier molecular flexibility index (Phi) is 7.45. The zero-order chi connectivity index (χ0) is 23.9. The fourth-order valence-corrected chi connectivity index (χ4v) is 4.67. The van der Waals surface area contributed by atoms with Crippen molar-refractivity contribution < 1.29 is 14.0 Å². The fourth-order valence-electron chi connectivity index (χ4n) is 3.02. The first-order valence-electron chi connectivity index (χ1n) is 10.1. The van der Waals surface area contributed by atoms with E-state index in [-0.39, 0.29) is 5.91 Å². The molecular weight excluding hydrogens is 475 g/mol. The van der Waals surface area contributed by atoms with E-state index in [1.807, 2.05) is 6.07 Å². The van der Waals surface area contributed by atoms with E-state index in [4.69, 9.17) is 0 Å². The molecule has 0 saturated heterocycles. The molecule has 0 aliphatic heterocycles. The van der Waals surface area contributed by atoms with Gasteiger partial charge in [0.15, 0.2) is 0 Å². The van der Waals surface area contributed by atoms with Crippen molar-refractivity contribution in [1.29, 1.82) is 0 Å². The van der Waals surface area contributed by atoms with E-state index in [2.05, 4.69) is 31.0 Å². The first-order chi connectivity index (χ1) is 16.5. The number of carbonyl (C=O) groups excluding carboxylic acids is 2. The maximum Gasteiger partial charge on any atom is 0.274 e. The fraction of sp³-hybridized carbons (Fsp3) is 0.0870. The number of aryl methyl sites for hydroxylation is 1. The average Bonchev–Trinajstić information content (AvgIpc) is 3.47. The second-order valence-electron chi connectivity index (χ2n) is 7.10. The number of amides is 2. The molecule has 11 heteroatoms. The van der Waals surface area contributed by atoms with Crippen molar-refractivity contribution in [3.05, 3.63) is 93.9 Å². The highest BCUT2D eigenvalue weighted by Crippen LogP contribution is 2.28. The Hall–Kier alpha value is -3.83. The van der Waals surface area contributed by atoms with Crippen LogP contribution in [0.3, 0.4) is 0 Å². The lowest BCUT2D eigenvalue weighted by atomic mass is 10.1. The van der Waals surface area contributed by atoms with Gasteiger partial charge in [-0.15, -0.1) is 16.4 Å². The van der Waals surface area contributed by atoms with E-state index in [1.54, 1.807) is 42.6 Å².